The minimum absolute atomic E-state index is 0.159. The summed E-state index contributed by atoms with van der Waals surface area (Å²) < 4.78 is 0. The van der Waals surface area contributed by atoms with E-state index >= 15 is 0 Å². The summed E-state index contributed by atoms with van der Waals surface area (Å²) in [7, 11) is 0. The second-order valence-corrected chi connectivity index (χ2v) is 3.92. The monoisotopic (exact) mass is 193 g/mol. The third-order valence-corrected chi connectivity index (χ3v) is 2.81. The Hall–Kier alpha value is -1.05. The predicted octanol–water partition coefficient (Wildman–Crippen LogP) is 2.43. The van der Waals surface area contributed by atoms with E-state index in [-0.39, 0.29) is 11.3 Å². The highest BCUT2D eigenvalue weighted by molar-refractivity contribution is 5.85. The third-order valence-electron chi connectivity index (χ3n) is 2.81. The molecule has 14 heavy (non-hydrogen) atoms. The summed E-state index contributed by atoms with van der Waals surface area (Å²) in [6, 6.07) is 0. The molecular weight excluding hydrogens is 174 g/mol. The maximum atomic E-state index is 11.9. The van der Waals surface area contributed by atoms with Gasteiger partial charge >= 0.3 is 0 Å². The summed E-state index contributed by atoms with van der Waals surface area (Å²) in [5.41, 5.74) is 0.982. The van der Waals surface area contributed by atoms with Crippen molar-refractivity contribution in [3.8, 4) is 0 Å². The van der Waals surface area contributed by atoms with Crippen LogP contribution in [0.4, 0.5) is 0 Å². The normalized spacial score (nSPS) is 25.8. The molecule has 1 atom stereocenters. The molecule has 0 heterocycles. The minimum Gasteiger partial charge on any atom is -0.356 e. The maximum absolute atomic E-state index is 11.9. The van der Waals surface area contributed by atoms with Crippen LogP contribution in [0.2, 0.25) is 0 Å². The first-order valence-electron chi connectivity index (χ1n) is 5.28. The highest BCUT2D eigenvalue weighted by Gasteiger charge is 2.34. The van der Waals surface area contributed by atoms with Gasteiger partial charge in [0.25, 0.3) is 0 Å². The molecule has 1 amide bonds. The van der Waals surface area contributed by atoms with Gasteiger partial charge in [0.05, 0.1) is 5.41 Å². The summed E-state index contributed by atoms with van der Waals surface area (Å²) >= 11 is 0. The van der Waals surface area contributed by atoms with Crippen molar-refractivity contribution >= 4 is 5.91 Å². The number of nitrogens with one attached hydrogen (secondary N) is 1. The van der Waals surface area contributed by atoms with Crippen LogP contribution in [-0.2, 0) is 4.79 Å². The molecule has 1 aliphatic carbocycles. The van der Waals surface area contributed by atoms with Crippen LogP contribution >= 0.6 is 0 Å². The number of carbonyl (C=O) groups is 1. The van der Waals surface area contributed by atoms with Crippen LogP contribution in [0, 0.1) is 5.41 Å². The first-order chi connectivity index (χ1) is 6.64. The van der Waals surface area contributed by atoms with Gasteiger partial charge in [-0.2, -0.15) is 0 Å². The topological polar surface area (TPSA) is 29.1 Å². The second kappa shape index (κ2) is 4.45. The molecule has 0 radical (unpaired) electrons. The van der Waals surface area contributed by atoms with Crippen molar-refractivity contribution in [2.75, 3.05) is 6.54 Å². The number of amides is 1. The largest absolute Gasteiger partial charge is 0.356 e. The predicted molar refractivity (Wildman–Crippen MR) is 58.9 cm³/mol. The first kappa shape index (κ1) is 11.0. The Balaban J connectivity index is 2.83. The Kier molecular flexibility index (Phi) is 3.50. The Bertz CT molecular complexity index is 278. The van der Waals surface area contributed by atoms with Gasteiger partial charge in [-0.05, 0) is 26.7 Å². The summed E-state index contributed by atoms with van der Waals surface area (Å²) in [5, 5.41) is 2.91. The fourth-order valence-corrected chi connectivity index (χ4v) is 1.91. The van der Waals surface area contributed by atoms with Crippen LogP contribution in [0.15, 0.2) is 23.8 Å². The standard InChI is InChI=1S/C12H19NO/c1-4-12(11(14)13-5-2)8-6-7-10(3)9-12/h6-8H,4-5,9H2,1-3H3,(H,13,14). The molecule has 78 valence electrons. The number of allylic oxidation sites excluding steroid dienone is 3. The van der Waals surface area contributed by atoms with Crippen LogP contribution in [0.25, 0.3) is 0 Å². The third kappa shape index (κ3) is 2.06. The zero-order chi connectivity index (χ0) is 10.6. The maximum Gasteiger partial charge on any atom is 0.230 e. The Morgan fingerprint density at radius 2 is 2.29 bits per heavy atom. The van der Waals surface area contributed by atoms with Gasteiger partial charge in [-0.3, -0.25) is 4.79 Å². The molecule has 0 fully saturated rings. The van der Waals surface area contributed by atoms with Gasteiger partial charge in [0.1, 0.15) is 0 Å². The van der Waals surface area contributed by atoms with Gasteiger partial charge < -0.3 is 5.32 Å². The molecule has 0 aromatic rings. The molecule has 0 aromatic heterocycles. The highest BCUT2D eigenvalue weighted by atomic mass is 16.2. The molecule has 0 spiro atoms. The molecule has 0 saturated carbocycles. The lowest BCUT2D eigenvalue weighted by atomic mass is 9.76. The molecule has 1 N–H and O–H groups in total. The minimum atomic E-state index is -0.297. The van der Waals surface area contributed by atoms with E-state index in [0.29, 0.717) is 6.54 Å². The Labute approximate surface area is 86.1 Å². The van der Waals surface area contributed by atoms with Crippen molar-refractivity contribution in [1.82, 2.24) is 5.32 Å². The van der Waals surface area contributed by atoms with Crippen molar-refractivity contribution in [3.63, 3.8) is 0 Å². The van der Waals surface area contributed by atoms with Gasteiger partial charge in [0, 0.05) is 6.54 Å². The molecule has 1 unspecified atom stereocenters. The molecule has 0 saturated heterocycles. The van der Waals surface area contributed by atoms with E-state index in [1.54, 1.807) is 0 Å². The number of rotatable bonds is 3. The zero-order valence-corrected chi connectivity index (χ0v) is 9.26. The van der Waals surface area contributed by atoms with Gasteiger partial charge in [-0.15, -0.1) is 0 Å². The molecule has 0 bridgehead atoms. The van der Waals surface area contributed by atoms with Crippen LogP contribution in [-0.4, -0.2) is 12.5 Å². The van der Waals surface area contributed by atoms with Crippen molar-refractivity contribution < 1.29 is 4.79 Å². The molecule has 0 aliphatic heterocycles. The van der Waals surface area contributed by atoms with E-state index in [1.165, 1.54) is 5.57 Å². The van der Waals surface area contributed by atoms with Gasteiger partial charge in [-0.25, -0.2) is 0 Å². The smallest absolute Gasteiger partial charge is 0.230 e. The molecule has 1 rings (SSSR count). The van der Waals surface area contributed by atoms with Gasteiger partial charge in [0.2, 0.25) is 5.91 Å². The fraction of sp³-hybridized carbons (Fsp3) is 0.583. The van der Waals surface area contributed by atoms with Gasteiger partial charge in [0.15, 0.2) is 0 Å². The summed E-state index contributed by atoms with van der Waals surface area (Å²) in [6.07, 6.45) is 7.82. The van der Waals surface area contributed by atoms with Gasteiger partial charge in [-0.1, -0.05) is 30.7 Å². The van der Waals surface area contributed by atoms with Crippen molar-refractivity contribution in [2.24, 2.45) is 5.41 Å². The second-order valence-electron chi connectivity index (χ2n) is 3.92. The lowest BCUT2D eigenvalue weighted by Gasteiger charge is -2.30. The number of hydrogen-bond acceptors (Lipinski definition) is 1. The van der Waals surface area contributed by atoms with E-state index < -0.39 is 0 Å². The number of hydrogen-bond donors (Lipinski definition) is 1. The molecule has 0 aromatic carbocycles. The first-order valence-corrected chi connectivity index (χ1v) is 5.28. The van der Waals surface area contributed by atoms with E-state index in [9.17, 15) is 4.79 Å². The van der Waals surface area contributed by atoms with Crippen molar-refractivity contribution in [3.05, 3.63) is 23.8 Å². The Morgan fingerprint density at radius 3 is 2.79 bits per heavy atom. The lowest BCUT2D eigenvalue weighted by Crippen LogP contribution is -2.40. The molecule has 2 heteroatoms. The van der Waals surface area contributed by atoms with Crippen molar-refractivity contribution in [2.45, 2.75) is 33.6 Å². The van der Waals surface area contributed by atoms with Crippen LogP contribution in [0.1, 0.15) is 33.6 Å². The summed E-state index contributed by atoms with van der Waals surface area (Å²) in [6.45, 7) is 6.80. The van der Waals surface area contributed by atoms with Crippen LogP contribution in [0.5, 0.6) is 0 Å². The van der Waals surface area contributed by atoms with Crippen LogP contribution in [0.3, 0.4) is 0 Å². The fourth-order valence-electron chi connectivity index (χ4n) is 1.91. The van der Waals surface area contributed by atoms with E-state index in [1.807, 2.05) is 19.1 Å². The molecule has 2 nitrogen and oxygen atoms in total. The number of carbonyl (C=O) groups excluding carboxylic acids is 1. The van der Waals surface area contributed by atoms with E-state index in [4.69, 9.17) is 0 Å². The Morgan fingerprint density at radius 1 is 1.57 bits per heavy atom. The summed E-state index contributed by atoms with van der Waals surface area (Å²) in [5.74, 6) is 0.159. The average molecular weight is 193 g/mol. The van der Waals surface area contributed by atoms with Crippen LogP contribution < -0.4 is 5.32 Å². The quantitative estimate of drug-likeness (QED) is 0.732. The SMILES string of the molecule is CCNC(=O)C1(CC)C=CC=C(C)C1. The highest BCUT2D eigenvalue weighted by Crippen LogP contribution is 2.34. The summed E-state index contributed by atoms with van der Waals surface area (Å²) in [4.78, 5) is 11.9. The molecule has 1 aliphatic rings. The van der Waals surface area contributed by atoms with E-state index in [0.717, 1.165) is 12.8 Å². The lowest BCUT2D eigenvalue weighted by molar-refractivity contribution is -0.128. The van der Waals surface area contributed by atoms with E-state index in [2.05, 4.69) is 25.2 Å². The average Bonchev–Trinajstić information content (AvgIpc) is 2.18. The molecular formula is C12H19NO. The van der Waals surface area contributed by atoms with Crippen molar-refractivity contribution in [1.29, 1.82) is 0 Å². The zero-order valence-electron chi connectivity index (χ0n) is 9.26.